The van der Waals surface area contributed by atoms with Gasteiger partial charge in [0.15, 0.2) is 6.61 Å². The summed E-state index contributed by atoms with van der Waals surface area (Å²) in [4.78, 5) is 26.0. The lowest BCUT2D eigenvalue weighted by Gasteiger charge is -2.15. The van der Waals surface area contributed by atoms with Crippen LogP contribution in [0.5, 0.6) is 5.75 Å². The molecule has 0 aliphatic carbocycles. The fourth-order valence-electron chi connectivity index (χ4n) is 2.72. The second-order valence-corrected chi connectivity index (χ2v) is 6.31. The maximum atomic E-state index is 12.6. The molecule has 0 N–H and O–H groups in total. The number of fused-ring (bicyclic) bond motifs is 1. The van der Waals surface area contributed by atoms with Crippen LogP contribution >= 0.6 is 0 Å². The van der Waals surface area contributed by atoms with Crippen molar-refractivity contribution in [1.29, 1.82) is 5.26 Å². The first-order valence-corrected chi connectivity index (χ1v) is 9.06. The van der Waals surface area contributed by atoms with Crippen LogP contribution in [0.2, 0.25) is 0 Å². The molecule has 0 radical (unpaired) electrons. The van der Waals surface area contributed by atoms with Crippen LogP contribution in [0, 0.1) is 11.3 Å². The van der Waals surface area contributed by atoms with E-state index in [0.29, 0.717) is 16.9 Å². The Morgan fingerprint density at radius 2 is 1.83 bits per heavy atom. The van der Waals surface area contributed by atoms with Crippen molar-refractivity contribution in [3.8, 4) is 11.8 Å². The molecular weight excluding hydrogens is 372 g/mol. The van der Waals surface area contributed by atoms with Crippen LogP contribution < -0.4 is 4.74 Å². The van der Waals surface area contributed by atoms with Crippen molar-refractivity contribution in [3.63, 3.8) is 0 Å². The molecule has 1 heterocycles. The number of benzene rings is 2. The zero-order valence-corrected chi connectivity index (χ0v) is 16.0. The van der Waals surface area contributed by atoms with Gasteiger partial charge in [0.2, 0.25) is 5.76 Å². The van der Waals surface area contributed by atoms with Crippen LogP contribution in [0.1, 0.15) is 22.5 Å². The molecule has 29 heavy (non-hydrogen) atoms. The maximum Gasteiger partial charge on any atom is 0.375 e. The molecule has 2 aromatic carbocycles. The highest BCUT2D eigenvalue weighted by molar-refractivity contribution is 5.96. The topological polar surface area (TPSA) is 92.8 Å². The van der Waals surface area contributed by atoms with Gasteiger partial charge in [0, 0.05) is 19.0 Å². The minimum atomic E-state index is -0.741. The Labute approximate surface area is 168 Å². The molecule has 148 valence electrons. The molecule has 3 aromatic rings. The Kier molecular flexibility index (Phi) is 6.48. The summed E-state index contributed by atoms with van der Waals surface area (Å²) in [5.41, 5.74) is 1.09. The van der Waals surface area contributed by atoms with Crippen LogP contribution in [-0.4, -0.2) is 37.0 Å². The van der Waals surface area contributed by atoms with E-state index in [9.17, 15) is 9.59 Å². The lowest BCUT2D eigenvalue weighted by Crippen LogP contribution is -2.32. The summed E-state index contributed by atoms with van der Waals surface area (Å²) in [6.45, 7) is -0.0496. The molecule has 0 atom stereocenters. The molecular formula is C22H20N2O5. The summed E-state index contributed by atoms with van der Waals surface area (Å²) in [7, 11) is 1.55. The molecule has 0 unspecified atom stereocenters. The molecule has 1 amide bonds. The number of likely N-dealkylation sites (N-methyl/N-ethyl adjacent to an activating group) is 1. The average Bonchev–Trinajstić information content (AvgIpc) is 3.13. The third-order valence-corrected chi connectivity index (χ3v) is 4.32. The zero-order chi connectivity index (χ0) is 20.6. The Balaban J connectivity index is 1.74. The Bertz CT molecular complexity index is 1040. The number of nitrogens with zero attached hydrogens (tertiary/aromatic N) is 2. The van der Waals surface area contributed by atoms with Crippen LogP contribution in [0.25, 0.3) is 11.0 Å². The average molecular weight is 392 g/mol. The maximum absolute atomic E-state index is 12.6. The predicted molar refractivity (Wildman–Crippen MR) is 105 cm³/mol. The van der Waals surface area contributed by atoms with E-state index < -0.39 is 18.5 Å². The summed E-state index contributed by atoms with van der Waals surface area (Å²) in [5.74, 6) is -0.470. The van der Waals surface area contributed by atoms with Crippen LogP contribution in [0.15, 0.2) is 59.0 Å². The number of amides is 1. The number of esters is 1. The standard InChI is InChI=1S/C22H20N2O5/c1-24(13-7-12-23)20(25)15-28-22(26)21-18(14-27-16-8-3-2-4-9-16)17-10-5-6-11-19(17)29-21/h2-6,8-11H,7,13-15H2,1H3. The zero-order valence-electron chi connectivity index (χ0n) is 16.0. The number of hydrogen-bond acceptors (Lipinski definition) is 6. The van der Waals surface area contributed by atoms with Crippen molar-refractivity contribution in [2.75, 3.05) is 20.2 Å². The van der Waals surface area contributed by atoms with E-state index in [4.69, 9.17) is 19.2 Å². The van der Waals surface area contributed by atoms with Crippen molar-refractivity contribution < 1.29 is 23.5 Å². The van der Waals surface area contributed by atoms with Crippen molar-refractivity contribution in [1.82, 2.24) is 4.90 Å². The number of hydrogen-bond donors (Lipinski definition) is 0. The van der Waals surface area contributed by atoms with E-state index >= 15 is 0 Å². The Morgan fingerprint density at radius 3 is 2.59 bits per heavy atom. The van der Waals surface area contributed by atoms with E-state index in [0.717, 1.165) is 5.39 Å². The van der Waals surface area contributed by atoms with E-state index in [2.05, 4.69) is 0 Å². The molecule has 0 aliphatic rings. The van der Waals surface area contributed by atoms with Gasteiger partial charge in [0.25, 0.3) is 5.91 Å². The van der Waals surface area contributed by atoms with Gasteiger partial charge in [-0.25, -0.2) is 4.79 Å². The van der Waals surface area contributed by atoms with Crippen LogP contribution in [-0.2, 0) is 16.1 Å². The van der Waals surface area contributed by atoms with Gasteiger partial charge in [-0.2, -0.15) is 5.26 Å². The second-order valence-electron chi connectivity index (χ2n) is 6.31. The van der Waals surface area contributed by atoms with Crippen LogP contribution in [0.3, 0.4) is 0 Å². The number of ether oxygens (including phenoxy) is 2. The third kappa shape index (κ3) is 4.93. The number of rotatable bonds is 8. The van der Waals surface area contributed by atoms with Crippen molar-refractivity contribution in [3.05, 3.63) is 65.9 Å². The SMILES string of the molecule is CN(CCC#N)C(=O)COC(=O)c1oc2ccccc2c1COc1ccccc1. The molecule has 0 spiro atoms. The van der Waals surface area contributed by atoms with Gasteiger partial charge >= 0.3 is 5.97 Å². The molecule has 0 bridgehead atoms. The van der Waals surface area contributed by atoms with E-state index in [-0.39, 0.29) is 25.3 Å². The molecule has 7 heteroatoms. The molecule has 0 fully saturated rings. The van der Waals surface area contributed by atoms with E-state index in [1.54, 1.807) is 19.2 Å². The number of nitriles is 1. The first-order valence-electron chi connectivity index (χ1n) is 9.06. The van der Waals surface area contributed by atoms with Gasteiger partial charge in [-0.15, -0.1) is 0 Å². The van der Waals surface area contributed by atoms with Crippen molar-refractivity contribution >= 4 is 22.8 Å². The lowest BCUT2D eigenvalue weighted by atomic mass is 10.1. The quantitative estimate of drug-likeness (QED) is 0.545. The molecule has 7 nitrogen and oxygen atoms in total. The first-order chi connectivity index (χ1) is 14.1. The largest absolute Gasteiger partial charge is 0.489 e. The predicted octanol–water partition coefficient (Wildman–Crippen LogP) is 3.54. The molecule has 0 saturated heterocycles. The summed E-state index contributed by atoms with van der Waals surface area (Å²) in [6.07, 6.45) is 0.209. The summed E-state index contributed by atoms with van der Waals surface area (Å²) < 4.78 is 16.6. The minimum Gasteiger partial charge on any atom is -0.489 e. The monoisotopic (exact) mass is 392 g/mol. The lowest BCUT2D eigenvalue weighted by molar-refractivity contribution is -0.133. The van der Waals surface area contributed by atoms with Crippen molar-refractivity contribution in [2.45, 2.75) is 13.0 Å². The fraction of sp³-hybridized carbons (Fsp3) is 0.227. The van der Waals surface area contributed by atoms with Gasteiger partial charge in [0.05, 0.1) is 18.1 Å². The Morgan fingerprint density at radius 1 is 1.10 bits per heavy atom. The number of carbonyl (C=O) groups is 2. The molecule has 0 saturated carbocycles. The first kappa shape index (κ1) is 20.0. The summed E-state index contributed by atoms with van der Waals surface area (Å²) in [6, 6.07) is 18.4. The minimum absolute atomic E-state index is 0.00890. The highest BCUT2D eigenvalue weighted by Crippen LogP contribution is 2.28. The number of para-hydroxylation sites is 2. The van der Waals surface area contributed by atoms with Gasteiger partial charge in [-0.1, -0.05) is 36.4 Å². The number of furan rings is 1. The summed E-state index contributed by atoms with van der Waals surface area (Å²) in [5, 5.41) is 9.34. The second kappa shape index (κ2) is 9.42. The van der Waals surface area contributed by atoms with Crippen molar-refractivity contribution in [2.24, 2.45) is 0 Å². The highest BCUT2D eigenvalue weighted by atomic mass is 16.5. The van der Waals surface area contributed by atoms with E-state index in [1.807, 2.05) is 48.5 Å². The summed E-state index contributed by atoms with van der Waals surface area (Å²) >= 11 is 0. The normalized spacial score (nSPS) is 10.3. The number of carbonyl (C=O) groups excluding carboxylic acids is 2. The Hall–Kier alpha value is -3.79. The third-order valence-electron chi connectivity index (χ3n) is 4.32. The van der Waals surface area contributed by atoms with E-state index in [1.165, 1.54) is 4.90 Å². The van der Waals surface area contributed by atoms with Gasteiger partial charge < -0.3 is 18.8 Å². The van der Waals surface area contributed by atoms with Gasteiger partial charge in [0.1, 0.15) is 17.9 Å². The smallest absolute Gasteiger partial charge is 0.375 e. The van der Waals surface area contributed by atoms with Gasteiger partial charge in [-0.3, -0.25) is 4.79 Å². The highest BCUT2D eigenvalue weighted by Gasteiger charge is 2.23. The molecule has 3 rings (SSSR count). The van der Waals surface area contributed by atoms with Gasteiger partial charge in [-0.05, 0) is 18.2 Å². The fourth-order valence-corrected chi connectivity index (χ4v) is 2.72. The molecule has 1 aromatic heterocycles. The molecule has 0 aliphatic heterocycles. The van der Waals surface area contributed by atoms with Crippen LogP contribution in [0.4, 0.5) is 0 Å².